The molecular formula is C16H15F3N4O3. The number of aliphatic hydroxyl groups excluding tert-OH is 1. The minimum absolute atomic E-state index is 0.0269. The second-order valence-corrected chi connectivity index (χ2v) is 5.63. The monoisotopic (exact) mass is 368 g/mol. The SMILES string of the molecule is O=C1COCCN1Cc1ccc(-c2nc(C(F)(F)F)ncc2CO)cn1. The van der Waals surface area contributed by atoms with Crippen LogP contribution in [-0.4, -0.2) is 50.6 Å². The Bertz CT molecular complexity index is 796. The van der Waals surface area contributed by atoms with Crippen LogP contribution in [0, 0.1) is 0 Å². The van der Waals surface area contributed by atoms with E-state index < -0.39 is 18.6 Å². The molecule has 1 aliphatic heterocycles. The van der Waals surface area contributed by atoms with Gasteiger partial charge in [0, 0.05) is 30.1 Å². The summed E-state index contributed by atoms with van der Waals surface area (Å²) in [5.41, 5.74) is 1.03. The van der Waals surface area contributed by atoms with Gasteiger partial charge in [-0.3, -0.25) is 9.78 Å². The number of carbonyl (C=O) groups excluding carboxylic acids is 1. The molecule has 2 aromatic rings. The summed E-state index contributed by atoms with van der Waals surface area (Å²) >= 11 is 0. The fourth-order valence-corrected chi connectivity index (χ4v) is 2.48. The van der Waals surface area contributed by atoms with Crippen molar-refractivity contribution in [3.05, 3.63) is 41.6 Å². The molecule has 1 amide bonds. The first kappa shape index (κ1) is 18.2. The van der Waals surface area contributed by atoms with Gasteiger partial charge in [-0.25, -0.2) is 9.97 Å². The van der Waals surface area contributed by atoms with E-state index in [9.17, 15) is 23.1 Å². The van der Waals surface area contributed by atoms with E-state index in [1.54, 1.807) is 17.0 Å². The highest BCUT2D eigenvalue weighted by atomic mass is 19.4. The highest BCUT2D eigenvalue weighted by Crippen LogP contribution is 2.29. The van der Waals surface area contributed by atoms with Crippen LogP contribution in [0.3, 0.4) is 0 Å². The molecule has 0 aliphatic carbocycles. The number of ether oxygens (including phenoxy) is 1. The van der Waals surface area contributed by atoms with E-state index >= 15 is 0 Å². The third-order valence-electron chi connectivity index (χ3n) is 3.82. The summed E-state index contributed by atoms with van der Waals surface area (Å²) in [5.74, 6) is -1.43. The molecule has 0 spiro atoms. The van der Waals surface area contributed by atoms with Crippen molar-refractivity contribution in [1.29, 1.82) is 0 Å². The largest absolute Gasteiger partial charge is 0.451 e. The number of alkyl halides is 3. The molecule has 0 unspecified atom stereocenters. The Morgan fingerprint density at radius 1 is 1.23 bits per heavy atom. The molecule has 0 atom stereocenters. The van der Waals surface area contributed by atoms with Crippen molar-refractivity contribution in [2.24, 2.45) is 0 Å². The van der Waals surface area contributed by atoms with Crippen LogP contribution in [0.5, 0.6) is 0 Å². The van der Waals surface area contributed by atoms with Crippen LogP contribution < -0.4 is 0 Å². The molecule has 26 heavy (non-hydrogen) atoms. The summed E-state index contributed by atoms with van der Waals surface area (Å²) in [7, 11) is 0. The first-order valence-corrected chi connectivity index (χ1v) is 7.73. The molecule has 138 valence electrons. The average Bonchev–Trinajstić information content (AvgIpc) is 2.63. The van der Waals surface area contributed by atoms with Crippen molar-refractivity contribution < 1.29 is 27.8 Å². The molecule has 7 nitrogen and oxygen atoms in total. The minimum Gasteiger partial charge on any atom is -0.392 e. The van der Waals surface area contributed by atoms with E-state index in [0.29, 0.717) is 24.4 Å². The summed E-state index contributed by atoms with van der Waals surface area (Å²) in [6.45, 7) is 0.714. The molecule has 2 aromatic heterocycles. The van der Waals surface area contributed by atoms with Gasteiger partial charge in [-0.2, -0.15) is 13.2 Å². The van der Waals surface area contributed by atoms with E-state index in [4.69, 9.17) is 4.74 Å². The van der Waals surface area contributed by atoms with Crippen molar-refractivity contribution in [2.75, 3.05) is 19.8 Å². The van der Waals surface area contributed by atoms with E-state index in [2.05, 4.69) is 15.0 Å². The van der Waals surface area contributed by atoms with E-state index in [0.717, 1.165) is 6.20 Å². The Morgan fingerprint density at radius 2 is 2.04 bits per heavy atom. The topological polar surface area (TPSA) is 88.4 Å². The maximum absolute atomic E-state index is 12.8. The highest BCUT2D eigenvalue weighted by molar-refractivity contribution is 5.78. The standard InChI is InChI=1S/C16H15F3N4O3/c17-16(18,19)15-21-6-11(8-24)14(22-15)10-1-2-12(20-5-10)7-23-3-4-26-9-13(23)25/h1-2,5-6,24H,3-4,7-9H2. The zero-order valence-electron chi connectivity index (χ0n) is 13.5. The number of hydrogen-bond acceptors (Lipinski definition) is 6. The summed E-state index contributed by atoms with van der Waals surface area (Å²) in [6.07, 6.45) is -2.37. The molecular weight excluding hydrogens is 353 g/mol. The van der Waals surface area contributed by atoms with Crippen molar-refractivity contribution in [3.8, 4) is 11.3 Å². The number of carbonyl (C=O) groups is 1. The van der Waals surface area contributed by atoms with Crippen LogP contribution in [0.15, 0.2) is 24.5 Å². The number of pyridine rings is 1. The molecule has 0 aromatic carbocycles. The number of halogens is 3. The van der Waals surface area contributed by atoms with Gasteiger partial charge in [0.25, 0.3) is 0 Å². The van der Waals surface area contributed by atoms with E-state index in [-0.39, 0.29) is 30.3 Å². The van der Waals surface area contributed by atoms with Gasteiger partial charge in [-0.15, -0.1) is 0 Å². The predicted molar refractivity (Wildman–Crippen MR) is 82.4 cm³/mol. The number of aromatic nitrogens is 3. The summed E-state index contributed by atoms with van der Waals surface area (Å²) in [6, 6.07) is 3.16. The van der Waals surface area contributed by atoms with Gasteiger partial charge in [-0.05, 0) is 12.1 Å². The Balaban J connectivity index is 1.85. The average molecular weight is 368 g/mol. The Morgan fingerprint density at radius 3 is 2.65 bits per heavy atom. The molecule has 0 saturated carbocycles. The Kier molecular flexibility index (Phi) is 5.14. The number of aliphatic hydroxyl groups is 1. The second kappa shape index (κ2) is 7.34. The lowest BCUT2D eigenvalue weighted by Gasteiger charge is -2.26. The molecule has 3 rings (SSSR count). The summed E-state index contributed by atoms with van der Waals surface area (Å²) in [4.78, 5) is 24.3. The van der Waals surface area contributed by atoms with Crippen molar-refractivity contribution in [3.63, 3.8) is 0 Å². The van der Waals surface area contributed by atoms with Gasteiger partial charge in [0.2, 0.25) is 11.7 Å². The predicted octanol–water partition coefficient (Wildman–Crippen LogP) is 1.41. The van der Waals surface area contributed by atoms with Gasteiger partial charge < -0.3 is 14.7 Å². The molecule has 1 aliphatic rings. The lowest BCUT2D eigenvalue weighted by molar-refractivity contribution is -0.145. The quantitative estimate of drug-likeness (QED) is 0.878. The molecule has 0 bridgehead atoms. The number of rotatable bonds is 4. The van der Waals surface area contributed by atoms with Gasteiger partial charge in [0.15, 0.2) is 0 Å². The third-order valence-corrected chi connectivity index (χ3v) is 3.82. The van der Waals surface area contributed by atoms with Crippen LogP contribution in [0.25, 0.3) is 11.3 Å². The van der Waals surface area contributed by atoms with Crippen LogP contribution in [0.2, 0.25) is 0 Å². The lowest BCUT2D eigenvalue weighted by atomic mass is 10.1. The fraction of sp³-hybridized carbons (Fsp3) is 0.375. The van der Waals surface area contributed by atoms with Crippen molar-refractivity contribution in [1.82, 2.24) is 19.9 Å². The van der Waals surface area contributed by atoms with Gasteiger partial charge in [0.05, 0.1) is 31.1 Å². The number of amides is 1. The van der Waals surface area contributed by atoms with Gasteiger partial charge in [0.1, 0.15) is 6.61 Å². The highest BCUT2D eigenvalue weighted by Gasteiger charge is 2.35. The second-order valence-electron chi connectivity index (χ2n) is 5.63. The Hall–Kier alpha value is -2.59. The number of nitrogens with zero attached hydrogens (tertiary/aromatic N) is 4. The molecule has 1 fully saturated rings. The zero-order chi connectivity index (χ0) is 18.7. The normalized spacial score (nSPS) is 15.4. The van der Waals surface area contributed by atoms with E-state index in [1.807, 2.05) is 0 Å². The smallest absolute Gasteiger partial charge is 0.392 e. The lowest BCUT2D eigenvalue weighted by Crippen LogP contribution is -2.41. The first-order valence-electron chi connectivity index (χ1n) is 7.73. The van der Waals surface area contributed by atoms with Crippen molar-refractivity contribution >= 4 is 5.91 Å². The fourth-order valence-electron chi connectivity index (χ4n) is 2.48. The summed E-state index contributed by atoms with van der Waals surface area (Å²) in [5, 5.41) is 9.34. The maximum Gasteiger partial charge on any atom is 0.451 e. The third kappa shape index (κ3) is 3.97. The summed E-state index contributed by atoms with van der Waals surface area (Å²) < 4.78 is 43.5. The molecule has 1 saturated heterocycles. The molecule has 3 heterocycles. The van der Waals surface area contributed by atoms with Gasteiger partial charge >= 0.3 is 6.18 Å². The van der Waals surface area contributed by atoms with Crippen LogP contribution in [0.4, 0.5) is 13.2 Å². The molecule has 1 N–H and O–H groups in total. The van der Waals surface area contributed by atoms with Crippen LogP contribution >= 0.6 is 0 Å². The Labute approximate surface area is 146 Å². The molecule has 0 radical (unpaired) electrons. The first-order chi connectivity index (χ1) is 12.4. The minimum atomic E-state index is -4.69. The van der Waals surface area contributed by atoms with Gasteiger partial charge in [-0.1, -0.05) is 0 Å². The number of hydrogen-bond donors (Lipinski definition) is 1. The number of morpholine rings is 1. The van der Waals surface area contributed by atoms with Crippen molar-refractivity contribution in [2.45, 2.75) is 19.3 Å². The van der Waals surface area contributed by atoms with E-state index in [1.165, 1.54) is 6.20 Å². The maximum atomic E-state index is 12.8. The molecule has 10 heteroatoms. The van der Waals surface area contributed by atoms with Crippen LogP contribution in [-0.2, 0) is 28.9 Å². The zero-order valence-corrected chi connectivity index (χ0v) is 13.5. The van der Waals surface area contributed by atoms with Crippen LogP contribution in [0.1, 0.15) is 17.1 Å².